The van der Waals surface area contributed by atoms with Crippen molar-refractivity contribution in [3.63, 3.8) is 0 Å². The minimum atomic E-state index is 0.564. The minimum Gasteiger partial charge on any atom is -0.253 e. The van der Waals surface area contributed by atoms with Gasteiger partial charge in [-0.2, -0.15) is 0 Å². The highest BCUT2D eigenvalue weighted by molar-refractivity contribution is 5.78. The van der Waals surface area contributed by atoms with Crippen LogP contribution >= 0.6 is 0 Å². The van der Waals surface area contributed by atoms with Crippen LogP contribution in [0.2, 0.25) is 0 Å². The van der Waals surface area contributed by atoms with Crippen LogP contribution in [0.15, 0.2) is 60.7 Å². The van der Waals surface area contributed by atoms with Crippen LogP contribution in [0.1, 0.15) is 29.2 Å². The Hall–Kier alpha value is -2.15. The summed E-state index contributed by atoms with van der Waals surface area (Å²) in [6.07, 6.45) is 3.51. The normalized spacial score (nSPS) is 17.9. The Morgan fingerprint density at radius 1 is 0.800 bits per heavy atom. The molecule has 0 saturated heterocycles. The Balaban J connectivity index is 1.70. The molecule has 2 aromatic carbocycles. The van der Waals surface area contributed by atoms with Crippen molar-refractivity contribution in [2.75, 3.05) is 0 Å². The summed E-state index contributed by atoms with van der Waals surface area (Å²) in [6, 6.07) is 21.6. The first-order valence-corrected chi connectivity index (χ1v) is 7.32. The lowest BCUT2D eigenvalue weighted by Crippen LogP contribution is -2.13. The molecule has 20 heavy (non-hydrogen) atoms. The number of nitrogens with zero attached hydrogens (tertiary/aromatic N) is 1. The van der Waals surface area contributed by atoms with Crippen molar-refractivity contribution < 1.29 is 0 Å². The van der Waals surface area contributed by atoms with Gasteiger partial charge in [0, 0.05) is 17.0 Å². The highest BCUT2D eigenvalue weighted by Crippen LogP contribution is 2.32. The van der Waals surface area contributed by atoms with Crippen LogP contribution in [0.25, 0.3) is 10.9 Å². The van der Waals surface area contributed by atoms with E-state index in [-0.39, 0.29) is 0 Å². The Kier molecular flexibility index (Phi) is 2.77. The number of hydrogen-bond donors (Lipinski definition) is 0. The fraction of sp³-hybridized carbons (Fsp3) is 0.211. The maximum atomic E-state index is 4.87. The van der Waals surface area contributed by atoms with Gasteiger partial charge in [0.15, 0.2) is 0 Å². The molecule has 1 aliphatic rings. The molecule has 1 heterocycles. The topological polar surface area (TPSA) is 12.9 Å². The van der Waals surface area contributed by atoms with Crippen molar-refractivity contribution in [3.8, 4) is 0 Å². The van der Waals surface area contributed by atoms with E-state index in [9.17, 15) is 0 Å². The summed E-state index contributed by atoms with van der Waals surface area (Å²) < 4.78 is 0. The van der Waals surface area contributed by atoms with Crippen molar-refractivity contribution in [1.29, 1.82) is 0 Å². The van der Waals surface area contributed by atoms with Gasteiger partial charge in [-0.05, 0) is 42.5 Å². The van der Waals surface area contributed by atoms with E-state index in [1.807, 2.05) is 0 Å². The number of hydrogen-bond acceptors (Lipinski definition) is 1. The molecule has 0 radical (unpaired) electrons. The number of benzene rings is 2. The van der Waals surface area contributed by atoms with Crippen molar-refractivity contribution >= 4 is 10.9 Å². The third-order valence-electron chi connectivity index (χ3n) is 4.39. The minimum absolute atomic E-state index is 0.564. The number of aromatic nitrogens is 1. The SMILES string of the molecule is c1ccc2c(c1)CCC(c1ccc3ccccc3n1)C2. The third-order valence-corrected chi connectivity index (χ3v) is 4.39. The van der Waals surface area contributed by atoms with Gasteiger partial charge in [-0.15, -0.1) is 0 Å². The van der Waals surface area contributed by atoms with Crippen LogP contribution in [-0.4, -0.2) is 4.98 Å². The monoisotopic (exact) mass is 259 g/mol. The van der Waals surface area contributed by atoms with Gasteiger partial charge in [-0.3, -0.25) is 4.98 Å². The number of para-hydroxylation sites is 1. The first kappa shape index (κ1) is 11.7. The van der Waals surface area contributed by atoms with E-state index < -0.39 is 0 Å². The molecule has 1 aliphatic carbocycles. The van der Waals surface area contributed by atoms with E-state index >= 15 is 0 Å². The molecule has 98 valence electrons. The summed E-state index contributed by atoms with van der Waals surface area (Å²) >= 11 is 0. The quantitative estimate of drug-likeness (QED) is 0.626. The first-order valence-electron chi connectivity index (χ1n) is 7.32. The van der Waals surface area contributed by atoms with E-state index in [1.54, 1.807) is 0 Å². The van der Waals surface area contributed by atoms with Crippen LogP contribution in [0, 0.1) is 0 Å². The average molecular weight is 259 g/mol. The molecule has 1 heteroatoms. The van der Waals surface area contributed by atoms with E-state index in [0.29, 0.717) is 5.92 Å². The third kappa shape index (κ3) is 2.00. The second kappa shape index (κ2) is 4.75. The standard InChI is InChI=1S/C19H17N/c1-2-7-16-13-17(10-9-14(16)5-1)19-12-11-15-6-3-4-8-18(15)20-19/h1-8,11-12,17H,9-10,13H2. The molecule has 1 nitrogen and oxygen atoms in total. The number of rotatable bonds is 1. The van der Waals surface area contributed by atoms with Crippen molar-refractivity contribution in [1.82, 2.24) is 4.98 Å². The van der Waals surface area contributed by atoms with Gasteiger partial charge in [-0.25, -0.2) is 0 Å². The highest BCUT2D eigenvalue weighted by atomic mass is 14.7. The van der Waals surface area contributed by atoms with Gasteiger partial charge in [0.05, 0.1) is 5.52 Å². The smallest absolute Gasteiger partial charge is 0.0705 e. The van der Waals surface area contributed by atoms with E-state index in [1.165, 1.54) is 35.0 Å². The molecule has 0 amide bonds. The maximum absolute atomic E-state index is 4.87. The Bertz CT molecular complexity index is 760. The summed E-state index contributed by atoms with van der Waals surface area (Å²) in [5.41, 5.74) is 5.38. The molecule has 0 N–H and O–H groups in total. The molecular weight excluding hydrogens is 242 g/mol. The largest absolute Gasteiger partial charge is 0.253 e. The van der Waals surface area contributed by atoms with Crippen LogP contribution in [0.4, 0.5) is 0 Å². The van der Waals surface area contributed by atoms with Crippen LogP contribution in [-0.2, 0) is 12.8 Å². The lowest BCUT2D eigenvalue weighted by Gasteiger charge is -2.24. The Morgan fingerprint density at radius 2 is 1.60 bits per heavy atom. The summed E-state index contributed by atoms with van der Waals surface area (Å²) in [6.45, 7) is 0. The number of fused-ring (bicyclic) bond motifs is 2. The zero-order chi connectivity index (χ0) is 13.4. The molecule has 0 spiro atoms. The summed E-state index contributed by atoms with van der Waals surface area (Å²) in [5, 5.41) is 1.23. The van der Waals surface area contributed by atoms with Crippen LogP contribution < -0.4 is 0 Å². The predicted molar refractivity (Wildman–Crippen MR) is 83.0 cm³/mol. The van der Waals surface area contributed by atoms with Crippen molar-refractivity contribution in [3.05, 3.63) is 77.5 Å². The average Bonchev–Trinajstić information content (AvgIpc) is 2.54. The number of pyridine rings is 1. The Morgan fingerprint density at radius 3 is 2.55 bits per heavy atom. The molecule has 0 bridgehead atoms. The van der Waals surface area contributed by atoms with Crippen molar-refractivity contribution in [2.24, 2.45) is 0 Å². The zero-order valence-electron chi connectivity index (χ0n) is 11.4. The van der Waals surface area contributed by atoms with Crippen LogP contribution in [0.3, 0.4) is 0 Å². The van der Waals surface area contributed by atoms with E-state index in [4.69, 9.17) is 4.98 Å². The lowest BCUT2D eigenvalue weighted by atomic mass is 9.82. The van der Waals surface area contributed by atoms with Gasteiger partial charge in [0.2, 0.25) is 0 Å². The van der Waals surface area contributed by atoms with Gasteiger partial charge >= 0.3 is 0 Å². The van der Waals surface area contributed by atoms with E-state index in [0.717, 1.165) is 11.9 Å². The predicted octanol–water partition coefficient (Wildman–Crippen LogP) is 4.51. The number of aryl methyl sites for hydroxylation is 1. The summed E-state index contributed by atoms with van der Waals surface area (Å²) in [4.78, 5) is 4.87. The first-order chi connectivity index (χ1) is 9.90. The molecule has 4 rings (SSSR count). The summed E-state index contributed by atoms with van der Waals surface area (Å²) in [5.74, 6) is 0.564. The second-order valence-corrected chi connectivity index (χ2v) is 5.64. The molecule has 0 saturated carbocycles. The lowest BCUT2D eigenvalue weighted by molar-refractivity contribution is 0.573. The molecule has 0 fully saturated rings. The van der Waals surface area contributed by atoms with Crippen molar-refractivity contribution in [2.45, 2.75) is 25.2 Å². The second-order valence-electron chi connectivity index (χ2n) is 5.64. The molecule has 0 aliphatic heterocycles. The van der Waals surface area contributed by atoms with Gasteiger partial charge in [0.1, 0.15) is 0 Å². The van der Waals surface area contributed by atoms with Gasteiger partial charge in [-0.1, -0.05) is 48.5 Å². The Labute approximate surface area is 119 Å². The van der Waals surface area contributed by atoms with Crippen LogP contribution in [0.5, 0.6) is 0 Å². The molecule has 3 aromatic rings. The fourth-order valence-corrected chi connectivity index (χ4v) is 3.26. The van der Waals surface area contributed by atoms with E-state index in [2.05, 4.69) is 60.7 Å². The highest BCUT2D eigenvalue weighted by Gasteiger charge is 2.20. The van der Waals surface area contributed by atoms with Gasteiger partial charge in [0.25, 0.3) is 0 Å². The molecule has 1 atom stereocenters. The fourth-order valence-electron chi connectivity index (χ4n) is 3.26. The molecule has 1 aromatic heterocycles. The zero-order valence-corrected chi connectivity index (χ0v) is 11.4. The summed E-state index contributed by atoms with van der Waals surface area (Å²) in [7, 11) is 0. The van der Waals surface area contributed by atoms with Gasteiger partial charge < -0.3 is 0 Å². The maximum Gasteiger partial charge on any atom is 0.0705 e. The molecular formula is C19H17N. The molecule has 1 unspecified atom stereocenters.